The average Bonchev–Trinajstić information content (AvgIpc) is 2.84. The lowest BCUT2D eigenvalue weighted by Crippen LogP contribution is -2.51. The predicted molar refractivity (Wildman–Crippen MR) is 143 cm³/mol. The Morgan fingerprint density at radius 3 is 2.51 bits per heavy atom. The van der Waals surface area contributed by atoms with Gasteiger partial charge in [0.1, 0.15) is 0 Å². The van der Waals surface area contributed by atoms with Crippen LogP contribution in [0.5, 0.6) is 5.88 Å². The molecule has 5 nitrogen and oxygen atoms in total. The fourth-order valence-corrected chi connectivity index (χ4v) is 4.44. The Bertz CT molecular complexity index is 1310. The van der Waals surface area contributed by atoms with Gasteiger partial charge in [0.15, 0.2) is 5.60 Å². The summed E-state index contributed by atoms with van der Waals surface area (Å²) in [6, 6.07) is 16.6. The topological polar surface area (TPSA) is 75.0 Å². The summed E-state index contributed by atoms with van der Waals surface area (Å²) in [5.74, 6) is -0.766. The van der Waals surface area contributed by atoms with Crippen molar-refractivity contribution in [1.29, 1.82) is 5.26 Å². The number of pyridine rings is 1. The minimum Gasteiger partial charge on any atom is -0.462 e. The lowest BCUT2D eigenvalue weighted by Gasteiger charge is -2.30. The highest BCUT2D eigenvalue weighted by Gasteiger charge is 2.34. The normalized spacial score (nSPS) is 13.4. The van der Waals surface area contributed by atoms with Crippen molar-refractivity contribution in [3.05, 3.63) is 91.6 Å². The van der Waals surface area contributed by atoms with E-state index in [0.29, 0.717) is 23.2 Å². The van der Waals surface area contributed by atoms with E-state index in [1.54, 1.807) is 18.2 Å². The molecule has 3 rings (SSSR count). The van der Waals surface area contributed by atoms with Crippen molar-refractivity contribution in [3.8, 4) is 11.9 Å². The molecule has 0 radical (unpaired) electrons. The Labute approximate surface area is 232 Å². The first-order valence-electron chi connectivity index (χ1n) is 11.3. The van der Waals surface area contributed by atoms with Crippen molar-refractivity contribution in [3.63, 3.8) is 0 Å². The highest BCUT2D eigenvalue weighted by atomic mass is 127. The second-order valence-corrected chi connectivity index (χ2v) is 10.6. The van der Waals surface area contributed by atoms with Crippen LogP contribution in [0.15, 0.2) is 60.8 Å². The van der Waals surface area contributed by atoms with Crippen LogP contribution in [0.25, 0.3) is 0 Å². The molecule has 0 bridgehead atoms. The summed E-state index contributed by atoms with van der Waals surface area (Å²) in [5, 5.41) is 13.0. The van der Waals surface area contributed by atoms with Gasteiger partial charge in [-0.2, -0.15) is 18.4 Å². The Morgan fingerprint density at radius 2 is 1.92 bits per heavy atom. The number of rotatable bonds is 8. The Morgan fingerprint density at radius 1 is 1.19 bits per heavy atom. The number of hydrogen-bond donors (Lipinski definition) is 1. The summed E-state index contributed by atoms with van der Waals surface area (Å²) in [6.45, 7) is 4.89. The van der Waals surface area contributed by atoms with Crippen LogP contribution in [0.2, 0.25) is 5.02 Å². The third-order valence-corrected chi connectivity index (χ3v) is 7.36. The number of aromatic nitrogens is 1. The number of alkyl halides is 3. The molecule has 1 heterocycles. The summed E-state index contributed by atoms with van der Waals surface area (Å²) in [4.78, 5) is 16.9. The van der Waals surface area contributed by atoms with Crippen molar-refractivity contribution in [2.24, 2.45) is 0 Å². The number of carbonyl (C=O) groups excluding carboxylic acids is 1. The molecule has 2 aromatic carbocycles. The van der Waals surface area contributed by atoms with E-state index in [1.807, 2.05) is 31.2 Å². The van der Waals surface area contributed by atoms with E-state index in [0.717, 1.165) is 26.8 Å². The van der Waals surface area contributed by atoms with Gasteiger partial charge in [-0.3, -0.25) is 4.79 Å². The number of nitrogens with zero attached hydrogens (tertiary/aromatic N) is 2. The minimum atomic E-state index is -4.52. The fraction of sp³-hybridized carbons (Fsp3) is 0.296. The summed E-state index contributed by atoms with van der Waals surface area (Å²) >= 11 is 8.34. The molecular formula is C27H24ClF3IN3O2. The van der Waals surface area contributed by atoms with Crippen molar-refractivity contribution >= 4 is 40.1 Å². The smallest absolute Gasteiger partial charge is 0.417 e. The first-order chi connectivity index (χ1) is 17.3. The Balaban J connectivity index is 1.81. The number of amides is 1. The van der Waals surface area contributed by atoms with Crippen LogP contribution in [0, 0.1) is 14.9 Å². The molecule has 1 amide bonds. The van der Waals surface area contributed by atoms with Gasteiger partial charge in [-0.15, -0.1) is 0 Å². The second kappa shape index (κ2) is 11.7. The molecular weight excluding hydrogens is 618 g/mol. The summed E-state index contributed by atoms with van der Waals surface area (Å²) in [6.07, 6.45) is -3.29. The maximum absolute atomic E-state index is 13.2. The lowest BCUT2D eigenvalue weighted by atomic mass is 9.85. The van der Waals surface area contributed by atoms with Crippen LogP contribution in [-0.4, -0.2) is 22.5 Å². The number of benzene rings is 2. The zero-order valence-corrected chi connectivity index (χ0v) is 23.1. The van der Waals surface area contributed by atoms with Crippen molar-refractivity contribution in [1.82, 2.24) is 10.3 Å². The van der Waals surface area contributed by atoms with Crippen molar-refractivity contribution < 1.29 is 22.7 Å². The minimum absolute atomic E-state index is 0.102. The molecule has 0 aliphatic carbocycles. The van der Waals surface area contributed by atoms with Gasteiger partial charge in [0.25, 0.3) is 5.91 Å². The molecule has 0 saturated heterocycles. The van der Waals surface area contributed by atoms with E-state index in [1.165, 1.54) is 13.8 Å². The van der Waals surface area contributed by atoms with Crippen LogP contribution in [0.1, 0.15) is 48.9 Å². The van der Waals surface area contributed by atoms with Crippen LogP contribution in [-0.2, 0) is 17.4 Å². The zero-order valence-electron chi connectivity index (χ0n) is 20.2. The molecule has 2 unspecified atom stereocenters. The van der Waals surface area contributed by atoms with Crippen molar-refractivity contribution in [2.75, 3.05) is 0 Å². The van der Waals surface area contributed by atoms with Gasteiger partial charge in [0.05, 0.1) is 22.2 Å². The second-order valence-electron chi connectivity index (χ2n) is 9.05. The Hall–Kier alpha value is -2.84. The molecule has 10 heteroatoms. The zero-order chi connectivity index (χ0) is 27.4. The third-order valence-electron chi connectivity index (χ3n) is 5.82. The largest absolute Gasteiger partial charge is 0.462 e. The van der Waals surface area contributed by atoms with Gasteiger partial charge in [-0.1, -0.05) is 29.8 Å². The fourth-order valence-electron chi connectivity index (χ4n) is 3.74. The van der Waals surface area contributed by atoms with Gasteiger partial charge in [-0.25, -0.2) is 4.98 Å². The number of halogens is 5. The van der Waals surface area contributed by atoms with Crippen LogP contribution < -0.4 is 10.1 Å². The van der Waals surface area contributed by atoms with Gasteiger partial charge in [0.2, 0.25) is 5.88 Å². The number of ether oxygens (including phenoxy) is 1. The van der Waals surface area contributed by atoms with E-state index >= 15 is 0 Å². The highest BCUT2D eigenvalue weighted by Crippen LogP contribution is 2.31. The molecule has 0 spiro atoms. The maximum Gasteiger partial charge on any atom is 0.417 e. The summed E-state index contributed by atoms with van der Waals surface area (Å²) < 4.78 is 45.0. The van der Waals surface area contributed by atoms with Gasteiger partial charge >= 0.3 is 6.18 Å². The number of nitriles is 1. The molecule has 0 saturated carbocycles. The average molecular weight is 642 g/mol. The summed E-state index contributed by atoms with van der Waals surface area (Å²) in [7, 11) is 0. The standard InChI is InChI=1S/C27H24ClF3IN3O2/c1-16(35-25(36)26(2,3)37-24-10-8-20(15-34-24)27(29,30)31)21(19-6-4-5-18(11-19)14-33)12-17-7-9-22(28)23(32)13-17/h4-11,13,15-16,21H,12H2,1-3H3,(H,35,36). The summed E-state index contributed by atoms with van der Waals surface area (Å²) in [5.41, 5.74) is 0.0563. The molecule has 1 aromatic heterocycles. The third kappa shape index (κ3) is 7.58. The van der Waals surface area contributed by atoms with Crippen LogP contribution in [0.4, 0.5) is 13.2 Å². The number of hydrogen-bond acceptors (Lipinski definition) is 4. The molecule has 37 heavy (non-hydrogen) atoms. The predicted octanol–water partition coefficient (Wildman–Crippen LogP) is 6.92. The Kier molecular flexibility index (Phi) is 9.08. The molecule has 0 fully saturated rings. The van der Waals surface area contributed by atoms with E-state index in [2.05, 4.69) is 39.0 Å². The molecule has 0 aliphatic rings. The van der Waals surface area contributed by atoms with Gasteiger partial charge in [0, 0.05) is 27.8 Å². The molecule has 1 N–H and O–H groups in total. The van der Waals surface area contributed by atoms with Crippen LogP contribution in [0.3, 0.4) is 0 Å². The molecule has 194 valence electrons. The maximum atomic E-state index is 13.2. The quantitative estimate of drug-likeness (QED) is 0.271. The molecule has 2 atom stereocenters. The number of nitrogens with one attached hydrogen (secondary N) is 1. The van der Waals surface area contributed by atoms with E-state index in [9.17, 15) is 23.2 Å². The number of carbonyl (C=O) groups is 1. The first-order valence-corrected chi connectivity index (χ1v) is 12.7. The van der Waals surface area contributed by atoms with E-state index in [-0.39, 0.29) is 11.8 Å². The van der Waals surface area contributed by atoms with E-state index < -0.39 is 29.3 Å². The van der Waals surface area contributed by atoms with E-state index in [4.69, 9.17) is 16.3 Å². The lowest BCUT2D eigenvalue weighted by molar-refractivity contribution is -0.138. The monoisotopic (exact) mass is 641 g/mol. The first kappa shape index (κ1) is 28.7. The molecule has 0 aliphatic heterocycles. The highest BCUT2D eigenvalue weighted by molar-refractivity contribution is 14.1. The van der Waals surface area contributed by atoms with Gasteiger partial charge in [-0.05, 0) is 91.2 Å². The van der Waals surface area contributed by atoms with Crippen molar-refractivity contribution in [2.45, 2.75) is 50.9 Å². The van der Waals surface area contributed by atoms with Crippen LogP contribution >= 0.6 is 34.2 Å². The van der Waals surface area contributed by atoms with Gasteiger partial charge < -0.3 is 10.1 Å². The SMILES string of the molecule is CC(NC(=O)C(C)(C)Oc1ccc(C(F)(F)F)cn1)C(Cc1ccc(Cl)c(I)c1)c1cccc(C#N)c1. The molecule has 3 aromatic rings.